The molecule has 0 aromatic heterocycles. The molecular weight excluding hydrogens is 342 g/mol. The Balaban J connectivity index is 2.02. The molecule has 0 saturated heterocycles. The molecule has 0 fully saturated rings. The number of benzene rings is 1. The van der Waals surface area contributed by atoms with Crippen LogP contribution in [0.25, 0.3) is 0 Å². The van der Waals surface area contributed by atoms with E-state index in [0.717, 1.165) is 4.90 Å². The molecule has 9 nitrogen and oxygen atoms in total. The summed E-state index contributed by atoms with van der Waals surface area (Å²) in [6.07, 6.45) is -1.28. The molecule has 0 radical (unpaired) electrons. The summed E-state index contributed by atoms with van der Waals surface area (Å²) < 4.78 is 4.98. The van der Waals surface area contributed by atoms with Crippen LogP contribution in [0.5, 0.6) is 0 Å². The molecular formula is C17H19N3O6. The monoisotopic (exact) mass is 361 g/mol. The van der Waals surface area contributed by atoms with Crippen LogP contribution in [0.1, 0.15) is 41.5 Å². The lowest BCUT2D eigenvalue weighted by atomic mass is 10.1. The fraction of sp³-hybridized carbons (Fsp3) is 0.353. The average molecular weight is 361 g/mol. The Morgan fingerprint density at radius 3 is 2.12 bits per heavy atom. The van der Waals surface area contributed by atoms with Crippen LogP contribution in [0.4, 0.5) is 4.79 Å². The van der Waals surface area contributed by atoms with Gasteiger partial charge in [0.05, 0.1) is 11.1 Å². The first-order valence-electron chi connectivity index (χ1n) is 8.04. The van der Waals surface area contributed by atoms with Crippen LogP contribution in [-0.2, 0) is 14.3 Å². The highest BCUT2D eigenvalue weighted by molar-refractivity contribution is 6.22. The largest absolute Gasteiger partial charge is 0.451 e. The Morgan fingerprint density at radius 1 is 1.08 bits per heavy atom. The maximum atomic E-state index is 12.4. The van der Waals surface area contributed by atoms with Crippen molar-refractivity contribution in [2.24, 2.45) is 0 Å². The van der Waals surface area contributed by atoms with Crippen molar-refractivity contribution in [2.75, 3.05) is 6.54 Å². The Labute approximate surface area is 149 Å². The van der Waals surface area contributed by atoms with Crippen LogP contribution in [0, 0.1) is 0 Å². The molecule has 0 unspecified atom stereocenters. The number of carbonyl (C=O) groups is 5. The Morgan fingerprint density at radius 2 is 1.62 bits per heavy atom. The lowest BCUT2D eigenvalue weighted by Gasteiger charge is -2.22. The van der Waals surface area contributed by atoms with E-state index in [-0.39, 0.29) is 11.1 Å². The molecule has 0 saturated carbocycles. The third-order valence-corrected chi connectivity index (χ3v) is 3.79. The minimum atomic E-state index is -1.28. The molecule has 26 heavy (non-hydrogen) atoms. The van der Waals surface area contributed by atoms with Gasteiger partial charge in [-0.1, -0.05) is 12.1 Å². The zero-order valence-corrected chi connectivity index (χ0v) is 14.6. The second kappa shape index (κ2) is 7.77. The number of amides is 5. The van der Waals surface area contributed by atoms with E-state index in [1.54, 1.807) is 19.1 Å². The zero-order valence-electron chi connectivity index (χ0n) is 14.6. The topological polar surface area (TPSA) is 122 Å². The number of esters is 1. The summed E-state index contributed by atoms with van der Waals surface area (Å²) in [6.45, 7) is 4.61. The van der Waals surface area contributed by atoms with Gasteiger partial charge in [-0.05, 0) is 32.9 Å². The van der Waals surface area contributed by atoms with Crippen LogP contribution < -0.4 is 10.6 Å². The number of urea groups is 1. The highest BCUT2D eigenvalue weighted by atomic mass is 16.5. The molecule has 1 aliphatic heterocycles. The fourth-order valence-electron chi connectivity index (χ4n) is 2.41. The van der Waals surface area contributed by atoms with Crippen molar-refractivity contribution >= 4 is 29.7 Å². The summed E-state index contributed by atoms with van der Waals surface area (Å²) in [7, 11) is 0. The summed E-state index contributed by atoms with van der Waals surface area (Å²) in [5, 5.41) is 4.38. The normalized spacial score (nSPS) is 15.1. The Hall–Kier alpha value is -3.23. The van der Waals surface area contributed by atoms with E-state index in [1.807, 2.05) is 5.32 Å². The molecule has 2 atom stereocenters. The first-order valence-corrected chi connectivity index (χ1v) is 8.04. The van der Waals surface area contributed by atoms with Gasteiger partial charge in [-0.15, -0.1) is 0 Å². The molecule has 0 aliphatic carbocycles. The number of imide groups is 2. The van der Waals surface area contributed by atoms with Gasteiger partial charge in [-0.2, -0.15) is 0 Å². The zero-order chi connectivity index (χ0) is 19.4. The van der Waals surface area contributed by atoms with Gasteiger partial charge in [0.1, 0.15) is 6.04 Å². The summed E-state index contributed by atoms with van der Waals surface area (Å²) in [4.78, 5) is 60.9. The number of rotatable bonds is 5. The summed E-state index contributed by atoms with van der Waals surface area (Å²) in [5.74, 6) is -2.96. The van der Waals surface area contributed by atoms with E-state index >= 15 is 0 Å². The lowest BCUT2D eigenvalue weighted by molar-refractivity contribution is -0.157. The Kier molecular flexibility index (Phi) is 5.71. The second-order valence-corrected chi connectivity index (χ2v) is 5.63. The van der Waals surface area contributed by atoms with Gasteiger partial charge in [0.25, 0.3) is 17.7 Å². The Bertz CT molecular complexity index is 741. The van der Waals surface area contributed by atoms with Crippen LogP contribution in [0.15, 0.2) is 24.3 Å². The molecule has 1 aromatic rings. The molecule has 2 N–H and O–H groups in total. The van der Waals surface area contributed by atoms with E-state index in [1.165, 1.54) is 26.0 Å². The number of carbonyl (C=O) groups excluding carboxylic acids is 5. The van der Waals surface area contributed by atoms with Gasteiger partial charge in [0, 0.05) is 6.54 Å². The molecule has 2 rings (SSSR count). The minimum absolute atomic E-state index is 0.208. The van der Waals surface area contributed by atoms with Gasteiger partial charge in [-0.25, -0.2) is 9.59 Å². The minimum Gasteiger partial charge on any atom is -0.451 e. The van der Waals surface area contributed by atoms with E-state index in [2.05, 4.69) is 5.32 Å². The summed E-state index contributed by atoms with van der Waals surface area (Å²) >= 11 is 0. The third kappa shape index (κ3) is 3.71. The van der Waals surface area contributed by atoms with Crippen LogP contribution >= 0.6 is 0 Å². The quantitative estimate of drug-likeness (QED) is 0.580. The molecule has 138 valence electrons. The van der Waals surface area contributed by atoms with Crippen LogP contribution in [-0.4, -0.2) is 53.3 Å². The summed E-state index contributed by atoms with van der Waals surface area (Å²) in [5.41, 5.74) is 0.415. The first-order chi connectivity index (χ1) is 12.3. The summed E-state index contributed by atoms with van der Waals surface area (Å²) in [6, 6.07) is 4.29. The predicted molar refractivity (Wildman–Crippen MR) is 89.2 cm³/mol. The first kappa shape index (κ1) is 19.1. The van der Waals surface area contributed by atoms with Crippen molar-refractivity contribution in [3.05, 3.63) is 35.4 Å². The van der Waals surface area contributed by atoms with Crippen molar-refractivity contribution in [2.45, 2.75) is 32.9 Å². The molecule has 9 heteroatoms. The number of nitrogens with one attached hydrogen (secondary N) is 2. The molecule has 1 heterocycles. The highest BCUT2D eigenvalue weighted by Crippen LogP contribution is 2.24. The number of ether oxygens (including phenoxy) is 1. The van der Waals surface area contributed by atoms with E-state index < -0.39 is 41.9 Å². The number of fused-ring (bicyclic) bond motifs is 1. The predicted octanol–water partition coefficient (Wildman–Crippen LogP) is 0.449. The van der Waals surface area contributed by atoms with Gasteiger partial charge in [0.2, 0.25) is 0 Å². The van der Waals surface area contributed by atoms with Gasteiger partial charge < -0.3 is 10.1 Å². The van der Waals surface area contributed by atoms with Gasteiger partial charge >= 0.3 is 12.0 Å². The van der Waals surface area contributed by atoms with Crippen LogP contribution in [0.2, 0.25) is 0 Å². The van der Waals surface area contributed by atoms with Crippen molar-refractivity contribution in [1.29, 1.82) is 0 Å². The smallest absolute Gasteiger partial charge is 0.329 e. The van der Waals surface area contributed by atoms with Crippen molar-refractivity contribution in [3.63, 3.8) is 0 Å². The molecule has 1 aromatic carbocycles. The van der Waals surface area contributed by atoms with Crippen molar-refractivity contribution in [3.8, 4) is 0 Å². The van der Waals surface area contributed by atoms with Gasteiger partial charge in [-0.3, -0.25) is 24.6 Å². The van der Waals surface area contributed by atoms with E-state index in [0.29, 0.717) is 6.54 Å². The average Bonchev–Trinajstić information content (AvgIpc) is 2.85. The van der Waals surface area contributed by atoms with Crippen LogP contribution in [0.3, 0.4) is 0 Å². The SMILES string of the molecule is CCNC(=O)NC(=O)[C@@H](C)OC(=O)[C@H](C)N1C(=O)c2ccccc2C1=O. The molecule has 1 aliphatic rings. The third-order valence-electron chi connectivity index (χ3n) is 3.79. The molecule has 5 amide bonds. The second-order valence-electron chi connectivity index (χ2n) is 5.63. The maximum Gasteiger partial charge on any atom is 0.329 e. The molecule has 0 spiro atoms. The van der Waals surface area contributed by atoms with Gasteiger partial charge in [0.15, 0.2) is 6.10 Å². The maximum absolute atomic E-state index is 12.4. The van der Waals surface area contributed by atoms with E-state index in [9.17, 15) is 24.0 Å². The standard InChI is InChI=1S/C17H19N3O6/c1-4-18-17(25)19-13(21)10(3)26-16(24)9(2)20-14(22)11-7-5-6-8-12(11)15(20)23/h5-10H,4H2,1-3H3,(H2,18,19,21,25)/t9-,10+/m0/s1. The number of hydrogen-bond donors (Lipinski definition) is 2. The highest BCUT2D eigenvalue weighted by Gasteiger charge is 2.41. The number of hydrogen-bond acceptors (Lipinski definition) is 6. The number of nitrogens with zero attached hydrogens (tertiary/aromatic N) is 1. The lowest BCUT2D eigenvalue weighted by Crippen LogP contribution is -2.48. The molecule has 0 bridgehead atoms. The van der Waals surface area contributed by atoms with Crippen molar-refractivity contribution in [1.82, 2.24) is 15.5 Å². The fourth-order valence-corrected chi connectivity index (χ4v) is 2.41. The van der Waals surface area contributed by atoms with E-state index in [4.69, 9.17) is 4.74 Å². The van der Waals surface area contributed by atoms with Crippen molar-refractivity contribution < 1.29 is 28.7 Å².